The van der Waals surface area contributed by atoms with Crippen LogP contribution in [0.1, 0.15) is 116 Å². The first-order valence-electron chi connectivity index (χ1n) is 15.9. The molecule has 0 radical (unpaired) electrons. The van der Waals surface area contributed by atoms with E-state index in [9.17, 15) is 10.2 Å². The molecule has 0 aromatic heterocycles. The molecular formula is C38H52ClNO4. The van der Waals surface area contributed by atoms with Crippen molar-refractivity contribution in [3.63, 3.8) is 0 Å². The van der Waals surface area contributed by atoms with E-state index in [1.807, 2.05) is 19.1 Å². The average molecular weight is 622 g/mol. The Bertz CT molecular complexity index is 1350. The zero-order valence-corrected chi connectivity index (χ0v) is 28.9. The van der Waals surface area contributed by atoms with E-state index in [1.54, 1.807) is 24.4 Å². The summed E-state index contributed by atoms with van der Waals surface area (Å²) >= 11 is 6.20. The third-order valence-corrected chi connectivity index (χ3v) is 8.39. The zero-order valence-electron chi connectivity index (χ0n) is 28.1. The van der Waals surface area contributed by atoms with E-state index in [2.05, 4.69) is 79.7 Å². The number of nitrogens with zero attached hydrogens (tertiary/aromatic N) is 1. The number of aromatic hydroxyl groups is 1. The SMILES string of the molecule is CCCCOc1ccc(C(C)(C)C)cc1C(O)(c1cc(C(C)(C)C)ccc1OCCCC)[C@@H](C)N=Cc1cccc(Cl)c1O. The maximum Gasteiger partial charge on any atom is 0.144 e. The van der Waals surface area contributed by atoms with Gasteiger partial charge < -0.3 is 19.7 Å². The summed E-state index contributed by atoms with van der Waals surface area (Å²) in [4.78, 5) is 4.88. The van der Waals surface area contributed by atoms with E-state index in [1.165, 1.54) is 0 Å². The highest BCUT2D eigenvalue weighted by Gasteiger charge is 2.43. The van der Waals surface area contributed by atoms with Gasteiger partial charge in [0.1, 0.15) is 22.8 Å². The van der Waals surface area contributed by atoms with Crippen LogP contribution in [0, 0.1) is 0 Å². The smallest absolute Gasteiger partial charge is 0.144 e. The van der Waals surface area contributed by atoms with Gasteiger partial charge in [-0.1, -0.05) is 98.0 Å². The molecule has 0 aliphatic carbocycles. The Kier molecular flexibility index (Phi) is 12.0. The quantitative estimate of drug-likeness (QED) is 0.147. The fraction of sp³-hybridized carbons (Fsp3) is 0.500. The minimum atomic E-state index is -1.66. The molecular weight excluding hydrogens is 570 g/mol. The second-order valence-corrected chi connectivity index (χ2v) is 14.1. The van der Waals surface area contributed by atoms with Crippen molar-refractivity contribution in [2.75, 3.05) is 13.2 Å². The van der Waals surface area contributed by atoms with Crippen LogP contribution in [0.5, 0.6) is 17.2 Å². The third kappa shape index (κ3) is 8.37. The lowest BCUT2D eigenvalue weighted by molar-refractivity contribution is 0.0519. The lowest BCUT2D eigenvalue weighted by atomic mass is 9.75. The van der Waals surface area contributed by atoms with Crippen molar-refractivity contribution in [1.29, 1.82) is 0 Å². The van der Waals surface area contributed by atoms with Crippen molar-refractivity contribution in [2.45, 2.75) is 110 Å². The summed E-state index contributed by atoms with van der Waals surface area (Å²) in [6.07, 6.45) is 5.35. The summed E-state index contributed by atoms with van der Waals surface area (Å²) in [7, 11) is 0. The molecule has 0 aliphatic heterocycles. The second kappa shape index (κ2) is 14.8. The predicted molar refractivity (Wildman–Crippen MR) is 184 cm³/mol. The van der Waals surface area contributed by atoms with Crippen LogP contribution in [0.3, 0.4) is 0 Å². The topological polar surface area (TPSA) is 71.3 Å². The molecule has 3 rings (SSSR count). The van der Waals surface area contributed by atoms with Gasteiger partial charge in [0.15, 0.2) is 0 Å². The van der Waals surface area contributed by atoms with E-state index in [0.717, 1.165) is 36.8 Å². The van der Waals surface area contributed by atoms with E-state index in [-0.39, 0.29) is 21.6 Å². The number of phenols is 1. The van der Waals surface area contributed by atoms with Gasteiger partial charge in [-0.2, -0.15) is 0 Å². The maximum atomic E-state index is 13.3. The lowest BCUT2D eigenvalue weighted by Crippen LogP contribution is -2.39. The number of benzene rings is 3. The number of hydrogen-bond acceptors (Lipinski definition) is 5. The van der Waals surface area contributed by atoms with Gasteiger partial charge in [-0.05, 0) is 78.1 Å². The molecule has 1 atom stereocenters. The van der Waals surface area contributed by atoms with E-state index < -0.39 is 11.6 Å². The Hall–Kier alpha value is -3.02. The summed E-state index contributed by atoms with van der Waals surface area (Å²) in [5, 5.41) is 24.2. The third-order valence-electron chi connectivity index (χ3n) is 8.08. The van der Waals surface area contributed by atoms with Crippen molar-refractivity contribution in [3.8, 4) is 17.2 Å². The normalized spacial score (nSPS) is 13.3. The molecule has 0 saturated carbocycles. The van der Waals surface area contributed by atoms with Crippen molar-refractivity contribution in [2.24, 2.45) is 4.99 Å². The summed E-state index contributed by atoms with van der Waals surface area (Å²) in [6, 6.07) is 16.6. The van der Waals surface area contributed by atoms with Crippen LogP contribution < -0.4 is 9.47 Å². The van der Waals surface area contributed by atoms with Crippen molar-refractivity contribution < 1.29 is 19.7 Å². The maximum absolute atomic E-state index is 13.3. The lowest BCUT2D eigenvalue weighted by Gasteiger charge is -2.37. The average Bonchev–Trinajstić information content (AvgIpc) is 2.96. The monoisotopic (exact) mass is 621 g/mol. The number of rotatable bonds is 13. The van der Waals surface area contributed by atoms with Crippen LogP contribution in [-0.4, -0.2) is 35.7 Å². The summed E-state index contributed by atoms with van der Waals surface area (Å²) < 4.78 is 12.8. The van der Waals surface area contributed by atoms with Gasteiger partial charge in [0.05, 0.1) is 24.3 Å². The molecule has 0 fully saturated rings. The molecule has 6 heteroatoms. The highest BCUT2D eigenvalue weighted by Crippen LogP contribution is 2.46. The van der Waals surface area contributed by atoms with Crippen LogP contribution in [0.25, 0.3) is 0 Å². The molecule has 0 heterocycles. The van der Waals surface area contributed by atoms with Crippen molar-refractivity contribution in [1.82, 2.24) is 0 Å². The Labute approximate surface area is 270 Å². The van der Waals surface area contributed by atoms with Gasteiger partial charge in [0, 0.05) is 22.9 Å². The minimum Gasteiger partial charge on any atom is -0.506 e. The van der Waals surface area contributed by atoms with Gasteiger partial charge in [-0.3, -0.25) is 4.99 Å². The Morgan fingerprint density at radius 1 is 0.795 bits per heavy atom. The number of para-hydroxylation sites is 1. The molecule has 0 aliphatic rings. The Balaban J connectivity index is 2.38. The van der Waals surface area contributed by atoms with Crippen molar-refractivity contribution in [3.05, 3.63) is 87.4 Å². The molecule has 2 N–H and O–H groups in total. The molecule has 0 amide bonds. The highest BCUT2D eigenvalue weighted by molar-refractivity contribution is 6.32. The minimum absolute atomic E-state index is 0.0507. The first-order chi connectivity index (χ1) is 20.6. The van der Waals surface area contributed by atoms with E-state index >= 15 is 0 Å². The van der Waals surface area contributed by atoms with Crippen LogP contribution >= 0.6 is 11.6 Å². The number of unbranched alkanes of at least 4 members (excludes halogenated alkanes) is 2. The van der Waals surface area contributed by atoms with Crippen LogP contribution in [0.4, 0.5) is 0 Å². The first kappa shape index (κ1) is 35.5. The molecule has 0 unspecified atom stereocenters. The van der Waals surface area contributed by atoms with Gasteiger partial charge in [0.2, 0.25) is 0 Å². The van der Waals surface area contributed by atoms with Crippen LogP contribution in [0.2, 0.25) is 5.02 Å². The molecule has 0 bridgehead atoms. The number of aliphatic imine (C=N–C) groups is 1. The second-order valence-electron chi connectivity index (χ2n) is 13.7. The van der Waals surface area contributed by atoms with E-state index in [4.69, 9.17) is 26.1 Å². The largest absolute Gasteiger partial charge is 0.506 e. The number of hydrogen-bond donors (Lipinski definition) is 2. The van der Waals surface area contributed by atoms with E-state index in [0.29, 0.717) is 41.4 Å². The van der Waals surface area contributed by atoms with Gasteiger partial charge in [-0.25, -0.2) is 0 Å². The van der Waals surface area contributed by atoms with Gasteiger partial charge >= 0.3 is 0 Å². The molecule has 44 heavy (non-hydrogen) atoms. The van der Waals surface area contributed by atoms with Gasteiger partial charge in [-0.15, -0.1) is 0 Å². The van der Waals surface area contributed by atoms with Gasteiger partial charge in [0.25, 0.3) is 0 Å². The highest BCUT2D eigenvalue weighted by atomic mass is 35.5. The standard InChI is InChI=1S/C38H52ClNO4/c1-10-12-21-43-33-19-17-28(36(4,5)6)23-30(33)38(42,26(3)40-25-27-15-14-16-32(39)35(27)41)31-24-29(37(7,8)9)18-20-34(31)44-22-13-11-2/h14-20,23-26,41-42H,10-13,21-22H2,1-9H3/t26-/m1/s1. The zero-order chi connectivity index (χ0) is 32.7. The first-order valence-corrected chi connectivity index (χ1v) is 16.3. The van der Waals surface area contributed by atoms with Crippen LogP contribution in [0.15, 0.2) is 59.6 Å². The molecule has 3 aromatic rings. The Morgan fingerprint density at radius 2 is 1.27 bits per heavy atom. The number of ether oxygens (including phenoxy) is 2. The number of aliphatic hydroxyl groups is 1. The molecule has 5 nitrogen and oxygen atoms in total. The molecule has 240 valence electrons. The predicted octanol–water partition coefficient (Wildman–Crippen LogP) is 9.74. The fourth-order valence-electron chi connectivity index (χ4n) is 5.02. The summed E-state index contributed by atoms with van der Waals surface area (Å²) in [5.74, 6) is 1.18. The Morgan fingerprint density at radius 3 is 1.70 bits per heavy atom. The molecule has 3 aromatic carbocycles. The van der Waals surface area contributed by atoms with Crippen LogP contribution in [-0.2, 0) is 16.4 Å². The number of halogens is 1. The van der Waals surface area contributed by atoms with Crippen molar-refractivity contribution >= 4 is 17.8 Å². The molecule has 0 saturated heterocycles. The summed E-state index contributed by atoms with van der Waals surface area (Å²) in [5.41, 5.74) is 1.86. The fourth-order valence-corrected chi connectivity index (χ4v) is 5.21. The number of phenolic OH excluding ortho intramolecular Hbond substituents is 1. The summed E-state index contributed by atoms with van der Waals surface area (Å²) in [6.45, 7) is 20.2. The molecule has 0 spiro atoms.